The summed E-state index contributed by atoms with van der Waals surface area (Å²) in [6.07, 6.45) is 4.71. The number of anilines is 2. The number of nitrogens with zero attached hydrogens (tertiary/aromatic N) is 2. The number of carbonyl (C=O) groups is 5. The number of imide groups is 2. The van der Waals surface area contributed by atoms with Crippen LogP contribution >= 0.6 is 0 Å². The van der Waals surface area contributed by atoms with E-state index in [4.69, 9.17) is 4.74 Å². The average molecular weight is 559 g/mol. The van der Waals surface area contributed by atoms with Crippen LogP contribution in [0.3, 0.4) is 0 Å². The molecule has 0 unspecified atom stereocenters. The van der Waals surface area contributed by atoms with E-state index in [1.54, 1.807) is 37.3 Å². The topological polar surface area (TPSA) is 101 Å². The number of hydrogen-bond donors (Lipinski definition) is 0. The van der Waals surface area contributed by atoms with E-state index in [-0.39, 0.29) is 45.5 Å². The molecular weight excluding hydrogens is 532 g/mol. The standard InChI is InChI=1S/C34H26N2O6/c1-2-42-34(41)21-8-5-9-23(18-21)36-32(39)26-16-14-24-28-25(15-17-27(29(26)28)33(36)40)31(38)35(30(24)37)22-12-10-20(11-13-22)19-6-3-4-7-19/h5,8-19H,2-4,6-7H2,1H3. The number of amides is 4. The fraction of sp³-hybridized carbons (Fsp3) is 0.206. The smallest absolute Gasteiger partial charge is 0.338 e. The van der Waals surface area contributed by atoms with E-state index in [0.717, 1.165) is 22.6 Å². The van der Waals surface area contributed by atoms with Gasteiger partial charge in [0.1, 0.15) is 0 Å². The molecule has 8 nitrogen and oxygen atoms in total. The van der Waals surface area contributed by atoms with Gasteiger partial charge in [-0.15, -0.1) is 0 Å². The maximum Gasteiger partial charge on any atom is 0.338 e. The second-order valence-electron chi connectivity index (χ2n) is 10.8. The quantitative estimate of drug-likeness (QED) is 0.211. The second kappa shape index (κ2) is 9.76. The molecule has 2 heterocycles. The Kier molecular flexibility index (Phi) is 6.01. The van der Waals surface area contributed by atoms with Crippen LogP contribution in [0.4, 0.5) is 11.4 Å². The third-order valence-electron chi connectivity index (χ3n) is 8.49. The summed E-state index contributed by atoms with van der Waals surface area (Å²) >= 11 is 0. The maximum absolute atomic E-state index is 13.8. The van der Waals surface area contributed by atoms with Crippen molar-refractivity contribution in [3.63, 3.8) is 0 Å². The third-order valence-corrected chi connectivity index (χ3v) is 8.49. The van der Waals surface area contributed by atoms with Gasteiger partial charge in [-0.1, -0.05) is 31.0 Å². The molecule has 0 bridgehead atoms. The van der Waals surface area contributed by atoms with Crippen molar-refractivity contribution in [3.8, 4) is 0 Å². The first kappa shape index (κ1) is 25.8. The minimum Gasteiger partial charge on any atom is -0.462 e. The Bertz CT molecular complexity index is 1780. The molecule has 4 aromatic carbocycles. The van der Waals surface area contributed by atoms with Gasteiger partial charge in [-0.3, -0.25) is 19.2 Å². The summed E-state index contributed by atoms with van der Waals surface area (Å²) in [5, 5.41) is 0.594. The van der Waals surface area contributed by atoms with Gasteiger partial charge >= 0.3 is 5.97 Å². The summed E-state index contributed by atoms with van der Waals surface area (Å²) in [6, 6.07) is 19.9. The molecule has 7 rings (SSSR count). The Hall–Kier alpha value is -5.11. The van der Waals surface area contributed by atoms with E-state index in [0.29, 0.717) is 17.0 Å². The largest absolute Gasteiger partial charge is 0.462 e. The summed E-state index contributed by atoms with van der Waals surface area (Å²) < 4.78 is 5.07. The predicted octanol–water partition coefficient (Wildman–Crippen LogP) is 6.28. The maximum atomic E-state index is 13.8. The van der Waals surface area contributed by atoms with Crippen LogP contribution in [0.25, 0.3) is 10.8 Å². The zero-order chi connectivity index (χ0) is 29.1. The molecule has 8 heteroatoms. The highest BCUT2D eigenvalue weighted by Crippen LogP contribution is 2.41. The van der Waals surface area contributed by atoms with Crippen molar-refractivity contribution in [3.05, 3.63) is 106 Å². The molecule has 3 aliphatic rings. The van der Waals surface area contributed by atoms with Crippen LogP contribution in [0, 0.1) is 0 Å². The number of carbonyl (C=O) groups excluding carboxylic acids is 5. The van der Waals surface area contributed by atoms with Gasteiger partial charge in [0.05, 0.1) is 23.5 Å². The minimum absolute atomic E-state index is 0.186. The Morgan fingerprint density at radius 3 is 1.69 bits per heavy atom. The van der Waals surface area contributed by atoms with Gasteiger partial charge in [-0.2, -0.15) is 0 Å². The lowest BCUT2D eigenvalue weighted by molar-refractivity contribution is 0.0525. The fourth-order valence-corrected chi connectivity index (χ4v) is 6.48. The first-order valence-corrected chi connectivity index (χ1v) is 14.1. The molecule has 4 amide bonds. The summed E-state index contributed by atoms with van der Waals surface area (Å²) in [5.41, 5.74) is 3.01. The van der Waals surface area contributed by atoms with Crippen molar-refractivity contribution in [2.24, 2.45) is 0 Å². The first-order valence-electron chi connectivity index (χ1n) is 14.1. The Labute approximate surface area is 241 Å². The van der Waals surface area contributed by atoms with Crippen molar-refractivity contribution in [1.82, 2.24) is 0 Å². The number of hydrogen-bond acceptors (Lipinski definition) is 6. The molecule has 4 aromatic rings. The van der Waals surface area contributed by atoms with Crippen molar-refractivity contribution in [2.75, 3.05) is 16.4 Å². The Balaban J connectivity index is 1.29. The molecule has 0 spiro atoms. The Morgan fingerprint density at radius 2 is 1.19 bits per heavy atom. The van der Waals surface area contributed by atoms with E-state index in [9.17, 15) is 24.0 Å². The number of esters is 1. The molecule has 0 aromatic heterocycles. The lowest BCUT2D eigenvalue weighted by Crippen LogP contribution is -2.43. The lowest BCUT2D eigenvalue weighted by Gasteiger charge is -2.32. The molecule has 1 saturated carbocycles. The highest BCUT2D eigenvalue weighted by molar-refractivity contribution is 6.42. The first-order chi connectivity index (χ1) is 20.4. The highest BCUT2D eigenvalue weighted by atomic mass is 16.5. The van der Waals surface area contributed by atoms with Crippen LogP contribution in [0.15, 0.2) is 72.8 Å². The van der Waals surface area contributed by atoms with E-state index in [1.807, 2.05) is 24.3 Å². The van der Waals surface area contributed by atoms with E-state index in [1.165, 1.54) is 36.6 Å². The van der Waals surface area contributed by atoms with Gasteiger partial charge < -0.3 is 4.74 Å². The van der Waals surface area contributed by atoms with Crippen molar-refractivity contribution < 1.29 is 28.7 Å². The van der Waals surface area contributed by atoms with Gasteiger partial charge in [0, 0.05) is 33.0 Å². The molecular formula is C34H26N2O6. The molecule has 0 atom stereocenters. The van der Waals surface area contributed by atoms with Gasteiger partial charge in [-0.05, 0) is 85.8 Å². The highest BCUT2D eigenvalue weighted by Gasteiger charge is 2.40. The van der Waals surface area contributed by atoms with Crippen molar-refractivity contribution in [1.29, 1.82) is 0 Å². The zero-order valence-corrected chi connectivity index (χ0v) is 22.9. The van der Waals surface area contributed by atoms with Gasteiger partial charge in [0.15, 0.2) is 0 Å². The van der Waals surface area contributed by atoms with Crippen LogP contribution in [0.1, 0.15) is 95.9 Å². The van der Waals surface area contributed by atoms with Crippen LogP contribution in [-0.2, 0) is 4.74 Å². The SMILES string of the molecule is CCOC(=O)c1cccc(N2C(=O)c3ccc4c5c(ccc(c35)C2=O)C(=O)N(c2ccc(C3CCCC3)cc2)C4=O)c1. The molecule has 0 saturated heterocycles. The summed E-state index contributed by atoms with van der Waals surface area (Å²) in [6.45, 7) is 1.88. The summed E-state index contributed by atoms with van der Waals surface area (Å²) in [7, 11) is 0. The summed E-state index contributed by atoms with van der Waals surface area (Å²) in [5.74, 6) is -2.29. The van der Waals surface area contributed by atoms with Crippen LogP contribution in [0.5, 0.6) is 0 Å². The second-order valence-corrected chi connectivity index (χ2v) is 10.8. The van der Waals surface area contributed by atoms with E-state index in [2.05, 4.69) is 0 Å². The molecule has 1 fully saturated rings. The molecule has 2 aliphatic heterocycles. The van der Waals surface area contributed by atoms with E-state index >= 15 is 0 Å². The van der Waals surface area contributed by atoms with Crippen LogP contribution in [-0.4, -0.2) is 36.2 Å². The predicted molar refractivity (Wildman–Crippen MR) is 156 cm³/mol. The molecule has 0 N–H and O–H groups in total. The normalized spacial score (nSPS) is 16.5. The van der Waals surface area contributed by atoms with Crippen molar-refractivity contribution >= 4 is 51.7 Å². The molecule has 42 heavy (non-hydrogen) atoms. The molecule has 0 radical (unpaired) electrons. The van der Waals surface area contributed by atoms with Gasteiger partial charge in [0.2, 0.25) is 0 Å². The lowest BCUT2D eigenvalue weighted by atomic mass is 9.85. The molecule has 1 aliphatic carbocycles. The van der Waals surface area contributed by atoms with Crippen molar-refractivity contribution in [2.45, 2.75) is 38.5 Å². The fourth-order valence-electron chi connectivity index (χ4n) is 6.48. The Morgan fingerprint density at radius 1 is 0.690 bits per heavy atom. The third kappa shape index (κ3) is 3.79. The number of rotatable bonds is 5. The number of benzene rings is 4. The summed E-state index contributed by atoms with van der Waals surface area (Å²) in [4.78, 5) is 69.5. The zero-order valence-electron chi connectivity index (χ0n) is 22.9. The monoisotopic (exact) mass is 558 g/mol. The average Bonchev–Trinajstić information content (AvgIpc) is 3.55. The molecule has 208 valence electrons. The van der Waals surface area contributed by atoms with Crippen LogP contribution in [0.2, 0.25) is 0 Å². The minimum atomic E-state index is -0.609. The van der Waals surface area contributed by atoms with Crippen LogP contribution < -0.4 is 9.80 Å². The number of ether oxygens (including phenoxy) is 1. The van der Waals surface area contributed by atoms with E-state index < -0.39 is 29.6 Å². The van der Waals surface area contributed by atoms with Gasteiger partial charge in [-0.25, -0.2) is 14.6 Å². The van der Waals surface area contributed by atoms with Gasteiger partial charge in [0.25, 0.3) is 23.6 Å².